The summed E-state index contributed by atoms with van der Waals surface area (Å²) in [6, 6.07) is 8.07. The van der Waals surface area contributed by atoms with Gasteiger partial charge in [0.25, 0.3) is 5.91 Å². The highest BCUT2D eigenvalue weighted by molar-refractivity contribution is 6.04. The number of H-pyrrole nitrogens is 1. The Bertz CT molecular complexity index is 1100. The van der Waals surface area contributed by atoms with Crippen LogP contribution in [0, 0.1) is 13.8 Å². The number of rotatable bonds is 4. The van der Waals surface area contributed by atoms with Crippen molar-refractivity contribution in [3.8, 4) is 0 Å². The lowest BCUT2D eigenvalue weighted by atomic mass is 10.1. The van der Waals surface area contributed by atoms with Crippen LogP contribution in [0.25, 0.3) is 10.9 Å². The van der Waals surface area contributed by atoms with Crippen LogP contribution in [0.2, 0.25) is 0 Å². The minimum atomic E-state index is -1.05. The number of aromatic amines is 1. The molecule has 27 heavy (non-hydrogen) atoms. The molecule has 0 radical (unpaired) electrons. The van der Waals surface area contributed by atoms with E-state index >= 15 is 0 Å². The van der Waals surface area contributed by atoms with Gasteiger partial charge < -0.3 is 15.0 Å². The van der Waals surface area contributed by atoms with Gasteiger partial charge in [-0.05, 0) is 26.8 Å². The third kappa shape index (κ3) is 3.59. The Hall–Kier alpha value is -3.42. The summed E-state index contributed by atoms with van der Waals surface area (Å²) in [6.07, 6.45) is -1.05. The molecule has 1 amide bonds. The molecule has 1 atom stereocenters. The zero-order chi connectivity index (χ0) is 19.7. The topological polar surface area (TPSA) is 106 Å². The van der Waals surface area contributed by atoms with E-state index in [0.29, 0.717) is 22.3 Å². The van der Waals surface area contributed by atoms with Gasteiger partial charge in [0.05, 0.1) is 22.6 Å². The summed E-state index contributed by atoms with van der Waals surface area (Å²) >= 11 is 0. The molecule has 8 heteroatoms. The number of fused-ring (bicyclic) bond motifs is 1. The Kier molecular flexibility index (Phi) is 4.81. The maximum Gasteiger partial charge on any atom is 0.339 e. The summed E-state index contributed by atoms with van der Waals surface area (Å²) in [5.74, 6) is -1.21. The number of anilines is 1. The molecule has 140 valence electrons. The quantitative estimate of drug-likeness (QED) is 0.686. The Morgan fingerprint density at radius 1 is 1.26 bits per heavy atom. The first kappa shape index (κ1) is 18.4. The molecule has 0 aliphatic rings. The van der Waals surface area contributed by atoms with Crippen molar-refractivity contribution in [2.24, 2.45) is 7.05 Å². The van der Waals surface area contributed by atoms with E-state index < -0.39 is 23.5 Å². The van der Waals surface area contributed by atoms with Gasteiger partial charge in [0.15, 0.2) is 6.10 Å². The number of hydrogen-bond donors (Lipinski definition) is 2. The Balaban J connectivity index is 1.80. The number of ether oxygens (including phenoxy) is 1. The third-order valence-electron chi connectivity index (χ3n) is 4.38. The Labute approximate surface area is 155 Å². The first-order valence-corrected chi connectivity index (χ1v) is 8.42. The normalized spacial score (nSPS) is 12.0. The number of nitrogens with one attached hydrogen (secondary N) is 2. The number of nitrogens with zero attached hydrogens (tertiary/aromatic N) is 2. The minimum Gasteiger partial charge on any atom is -0.449 e. The molecular weight excluding hydrogens is 348 g/mol. The van der Waals surface area contributed by atoms with Gasteiger partial charge in [0, 0.05) is 24.0 Å². The molecule has 0 saturated carbocycles. The molecule has 0 unspecified atom stereocenters. The lowest BCUT2D eigenvalue weighted by molar-refractivity contribution is -0.123. The molecule has 2 aromatic heterocycles. The lowest BCUT2D eigenvalue weighted by Crippen LogP contribution is -2.30. The molecule has 1 aromatic carbocycles. The molecule has 0 aliphatic heterocycles. The molecule has 3 aromatic rings. The minimum absolute atomic E-state index is 0.114. The van der Waals surface area contributed by atoms with Gasteiger partial charge in [0.2, 0.25) is 5.56 Å². The highest BCUT2D eigenvalue weighted by Crippen LogP contribution is 2.20. The lowest BCUT2D eigenvalue weighted by Gasteiger charge is -2.14. The first-order chi connectivity index (χ1) is 12.8. The van der Waals surface area contributed by atoms with Gasteiger partial charge in [-0.1, -0.05) is 18.2 Å². The molecule has 0 spiro atoms. The highest BCUT2D eigenvalue weighted by Gasteiger charge is 2.23. The van der Waals surface area contributed by atoms with Crippen molar-refractivity contribution < 1.29 is 14.3 Å². The number of carbonyl (C=O) groups excluding carboxylic acids is 2. The van der Waals surface area contributed by atoms with Gasteiger partial charge in [0.1, 0.15) is 0 Å². The van der Waals surface area contributed by atoms with Crippen LogP contribution in [0.15, 0.2) is 35.1 Å². The van der Waals surface area contributed by atoms with E-state index in [2.05, 4.69) is 15.4 Å². The fourth-order valence-corrected chi connectivity index (χ4v) is 2.83. The van der Waals surface area contributed by atoms with E-state index in [4.69, 9.17) is 4.74 Å². The standard InChI is InChI=1S/C19H20N4O4/c1-10-17(11(2)23(4)22-10)21-18(25)12(3)27-19(26)14-9-16(24)20-15-8-6-5-7-13(14)15/h5-9,12H,1-4H3,(H,20,24)(H,21,25)/t12-/m1/s1. The van der Waals surface area contributed by atoms with Gasteiger partial charge >= 0.3 is 5.97 Å². The summed E-state index contributed by atoms with van der Waals surface area (Å²) in [5.41, 5.74) is 2.27. The molecule has 0 fully saturated rings. The summed E-state index contributed by atoms with van der Waals surface area (Å²) in [7, 11) is 1.78. The number of aromatic nitrogens is 3. The molecule has 0 aliphatic carbocycles. The SMILES string of the molecule is Cc1nn(C)c(C)c1NC(=O)[C@@H](C)OC(=O)c1cc(=O)[nH]c2ccccc12. The molecular formula is C19H20N4O4. The van der Waals surface area contributed by atoms with Gasteiger partial charge in [-0.2, -0.15) is 5.10 Å². The molecule has 0 bridgehead atoms. The number of amides is 1. The van der Waals surface area contributed by atoms with Crippen LogP contribution >= 0.6 is 0 Å². The second-order valence-electron chi connectivity index (χ2n) is 6.30. The maximum absolute atomic E-state index is 12.5. The van der Waals surface area contributed by atoms with Crippen molar-refractivity contribution in [2.75, 3.05) is 5.32 Å². The average molecular weight is 368 g/mol. The van der Waals surface area contributed by atoms with Crippen molar-refractivity contribution in [1.82, 2.24) is 14.8 Å². The number of esters is 1. The van der Waals surface area contributed by atoms with Crippen LogP contribution in [-0.4, -0.2) is 32.7 Å². The predicted octanol–water partition coefficient (Wildman–Crippen LogP) is 2.06. The van der Waals surface area contributed by atoms with Crippen LogP contribution < -0.4 is 10.9 Å². The second kappa shape index (κ2) is 7.06. The van der Waals surface area contributed by atoms with Gasteiger partial charge in [-0.15, -0.1) is 0 Å². The molecule has 2 N–H and O–H groups in total. The number of hydrogen-bond acceptors (Lipinski definition) is 5. The number of carbonyl (C=O) groups is 2. The molecule has 0 saturated heterocycles. The first-order valence-electron chi connectivity index (χ1n) is 8.42. The van der Waals surface area contributed by atoms with E-state index in [1.54, 1.807) is 42.9 Å². The van der Waals surface area contributed by atoms with E-state index in [9.17, 15) is 14.4 Å². The smallest absolute Gasteiger partial charge is 0.339 e. The summed E-state index contributed by atoms with van der Waals surface area (Å²) in [4.78, 5) is 39.4. The summed E-state index contributed by atoms with van der Waals surface area (Å²) < 4.78 is 6.95. The predicted molar refractivity (Wildman–Crippen MR) is 101 cm³/mol. The van der Waals surface area contributed by atoms with Crippen LogP contribution in [0.5, 0.6) is 0 Å². The monoisotopic (exact) mass is 368 g/mol. The van der Waals surface area contributed by atoms with E-state index in [-0.39, 0.29) is 5.56 Å². The largest absolute Gasteiger partial charge is 0.449 e. The van der Waals surface area contributed by atoms with Crippen LogP contribution in [0.3, 0.4) is 0 Å². The summed E-state index contributed by atoms with van der Waals surface area (Å²) in [6.45, 7) is 5.08. The number of benzene rings is 1. The van der Waals surface area contributed by atoms with Crippen molar-refractivity contribution in [2.45, 2.75) is 26.9 Å². The Morgan fingerprint density at radius 3 is 2.63 bits per heavy atom. The number of aryl methyl sites for hydroxylation is 2. The fraction of sp³-hybridized carbons (Fsp3) is 0.263. The van der Waals surface area contributed by atoms with Crippen molar-refractivity contribution in [3.63, 3.8) is 0 Å². The zero-order valence-corrected chi connectivity index (χ0v) is 15.5. The van der Waals surface area contributed by atoms with Gasteiger partial charge in [-0.25, -0.2) is 4.79 Å². The number of para-hydroxylation sites is 1. The van der Waals surface area contributed by atoms with Crippen molar-refractivity contribution >= 4 is 28.5 Å². The molecule has 3 rings (SSSR count). The van der Waals surface area contributed by atoms with E-state index in [1.807, 2.05) is 6.92 Å². The van der Waals surface area contributed by atoms with Crippen molar-refractivity contribution in [1.29, 1.82) is 0 Å². The van der Waals surface area contributed by atoms with E-state index in [0.717, 1.165) is 5.69 Å². The second-order valence-corrected chi connectivity index (χ2v) is 6.30. The number of pyridine rings is 1. The van der Waals surface area contributed by atoms with Crippen molar-refractivity contribution in [3.05, 3.63) is 57.6 Å². The summed E-state index contributed by atoms with van der Waals surface area (Å²) in [5, 5.41) is 7.52. The maximum atomic E-state index is 12.5. The third-order valence-corrected chi connectivity index (χ3v) is 4.38. The van der Waals surface area contributed by atoms with Crippen LogP contribution in [0.4, 0.5) is 5.69 Å². The molecule has 8 nitrogen and oxygen atoms in total. The Morgan fingerprint density at radius 2 is 1.96 bits per heavy atom. The van der Waals surface area contributed by atoms with Crippen LogP contribution in [0.1, 0.15) is 28.7 Å². The fourth-order valence-electron chi connectivity index (χ4n) is 2.83. The highest BCUT2D eigenvalue weighted by atomic mass is 16.5. The molecule has 2 heterocycles. The van der Waals surface area contributed by atoms with Gasteiger partial charge in [-0.3, -0.25) is 14.3 Å². The average Bonchev–Trinajstić information content (AvgIpc) is 2.86. The zero-order valence-electron chi connectivity index (χ0n) is 15.5. The van der Waals surface area contributed by atoms with E-state index in [1.165, 1.54) is 13.0 Å². The van der Waals surface area contributed by atoms with Crippen LogP contribution in [-0.2, 0) is 16.6 Å².